The number of benzene rings is 1. The molecule has 4 heteroatoms. The van der Waals surface area contributed by atoms with Crippen LogP contribution in [0.2, 0.25) is 0 Å². The first-order chi connectivity index (χ1) is 8.77. The van der Waals surface area contributed by atoms with Gasteiger partial charge in [-0.1, -0.05) is 6.07 Å². The van der Waals surface area contributed by atoms with Gasteiger partial charge in [0.25, 0.3) is 5.56 Å². The Hall–Kier alpha value is -1.81. The van der Waals surface area contributed by atoms with E-state index in [4.69, 9.17) is 9.47 Å². The Morgan fingerprint density at radius 2 is 2.06 bits per heavy atom. The van der Waals surface area contributed by atoms with Gasteiger partial charge in [-0.05, 0) is 25.1 Å². The predicted molar refractivity (Wildman–Crippen MR) is 71.3 cm³/mol. The molecule has 4 nitrogen and oxygen atoms in total. The van der Waals surface area contributed by atoms with Crippen LogP contribution in [-0.2, 0) is 11.3 Å². The number of rotatable bonds is 5. The zero-order chi connectivity index (χ0) is 13.0. The SMILES string of the molecule is CCOc1cccc2c(=O)n(CCOC)ccc12. The van der Waals surface area contributed by atoms with Crippen LogP contribution in [0.1, 0.15) is 6.92 Å². The maximum atomic E-state index is 12.2. The van der Waals surface area contributed by atoms with E-state index >= 15 is 0 Å². The molecule has 1 heterocycles. The highest BCUT2D eigenvalue weighted by Gasteiger charge is 2.06. The maximum absolute atomic E-state index is 12.2. The van der Waals surface area contributed by atoms with Crippen molar-refractivity contribution >= 4 is 10.8 Å². The Balaban J connectivity index is 2.51. The summed E-state index contributed by atoms with van der Waals surface area (Å²) in [6.07, 6.45) is 1.78. The summed E-state index contributed by atoms with van der Waals surface area (Å²) in [5, 5.41) is 1.54. The molecule has 0 unspecified atom stereocenters. The van der Waals surface area contributed by atoms with Gasteiger partial charge in [0.05, 0.1) is 18.6 Å². The van der Waals surface area contributed by atoms with Crippen molar-refractivity contribution in [1.82, 2.24) is 4.57 Å². The first-order valence-electron chi connectivity index (χ1n) is 6.02. The average Bonchev–Trinajstić information content (AvgIpc) is 2.39. The number of ether oxygens (including phenoxy) is 2. The lowest BCUT2D eigenvalue weighted by Gasteiger charge is -2.10. The molecule has 1 aromatic carbocycles. The Labute approximate surface area is 106 Å². The summed E-state index contributed by atoms with van der Waals surface area (Å²) in [5.41, 5.74) is -0.00824. The number of aromatic nitrogens is 1. The molecular formula is C14H17NO3. The monoisotopic (exact) mass is 247 g/mol. The van der Waals surface area contributed by atoms with Crippen molar-refractivity contribution in [1.29, 1.82) is 0 Å². The molecule has 0 N–H and O–H groups in total. The van der Waals surface area contributed by atoms with Crippen LogP contribution in [0.3, 0.4) is 0 Å². The topological polar surface area (TPSA) is 40.5 Å². The molecule has 0 aliphatic rings. The zero-order valence-electron chi connectivity index (χ0n) is 10.7. The van der Waals surface area contributed by atoms with E-state index < -0.39 is 0 Å². The highest BCUT2D eigenvalue weighted by Crippen LogP contribution is 2.22. The number of hydrogen-bond acceptors (Lipinski definition) is 3. The van der Waals surface area contributed by atoms with E-state index in [2.05, 4.69) is 0 Å². The van der Waals surface area contributed by atoms with Crippen LogP contribution in [0.4, 0.5) is 0 Å². The highest BCUT2D eigenvalue weighted by molar-refractivity contribution is 5.87. The molecule has 0 spiro atoms. The molecule has 0 aliphatic heterocycles. The molecule has 0 bridgehead atoms. The fourth-order valence-corrected chi connectivity index (χ4v) is 1.94. The summed E-state index contributed by atoms with van der Waals surface area (Å²) in [6.45, 7) is 3.60. The minimum Gasteiger partial charge on any atom is -0.493 e. The molecule has 1 aromatic heterocycles. The molecule has 0 amide bonds. The largest absolute Gasteiger partial charge is 0.493 e. The lowest BCUT2D eigenvalue weighted by atomic mass is 10.1. The van der Waals surface area contributed by atoms with Gasteiger partial charge in [0.2, 0.25) is 0 Å². The Kier molecular flexibility index (Phi) is 3.99. The number of methoxy groups -OCH3 is 1. The van der Waals surface area contributed by atoms with E-state index in [9.17, 15) is 4.79 Å². The number of pyridine rings is 1. The van der Waals surface area contributed by atoms with Gasteiger partial charge in [-0.15, -0.1) is 0 Å². The normalized spacial score (nSPS) is 10.8. The van der Waals surface area contributed by atoms with Crippen molar-refractivity contribution in [3.63, 3.8) is 0 Å². The van der Waals surface area contributed by atoms with Gasteiger partial charge in [-0.2, -0.15) is 0 Å². The summed E-state index contributed by atoms with van der Waals surface area (Å²) in [6, 6.07) is 7.46. The molecule has 2 rings (SSSR count). The lowest BCUT2D eigenvalue weighted by Crippen LogP contribution is -2.21. The molecule has 0 radical (unpaired) electrons. The summed E-state index contributed by atoms with van der Waals surface area (Å²) in [5.74, 6) is 0.756. The second-order valence-corrected chi connectivity index (χ2v) is 3.96. The van der Waals surface area contributed by atoms with E-state index in [0.29, 0.717) is 25.1 Å². The molecular weight excluding hydrogens is 230 g/mol. The van der Waals surface area contributed by atoms with Crippen molar-refractivity contribution in [3.8, 4) is 5.75 Å². The van der Waals surface area contributed by atoms with Crippen molar-refractivity contribution in [2.45, 2.75) is 13.5 Å². The van der Waals surface area contributed by atoms with Crippen LogP contribution in [0.15, 0.2) is 35.3 Å². The van der Waals surface area contributed by atoms with Crippen molar-refractivity contribution in [2.24, 2.45) is 0 Å². The standard InChI is InChI=1S/C14H17NO3/c1-3-18-13-6-4-5-12-11(13)7-8-15(14(12)16)9-10-17-2/h4-8H,3,9-10H2,1-2H3. The van der Waals surface area contributed by atoms with Gasteiger partial charge in [-0.3, -0.25) is 4.79 Å². The van der Waals surface area contributed by atoms with Crippen molar-refractivity contribution < 1.29 is 9.47 Å². The first kappa shape index (κ1) is 12.6. The Bertz CT molecular complexity index is 589. The third-order valence-corrected chi connectivity index (χ3v) is 2.81. The summed E-state index contributed by atoms with van der Waals surface area (Å²) in [4.78, 5) is 12.2. The van der Waals surface area contributed by atoms with E-state index in [-0.39, 0.29) is 5.56 Å². The quantitative estimate of drug-likeness (QED) is 0.812. The Morgan fingerprint density at radius 3 is 2.78 bits per heavy atom. The summed E-state index contributed by atoms with van der Waals surface area (Å²) < 4.78 is 12.2. The molecule has 2 aromatic rings. The van der Waals surface area contributed by atoms with E-state index in [1.165, 1.54) is 0 Å². The van der Waals surface area contributed by atoms with Gasteiger partial charge in [0, 0.05) is 25.2 Å². The fraction of sp³-hybridized carbons (Fsp3) is 0.357. The highest BCUT2D eigenvalue weighted by atomic mass is 16.5. The van der Waals surface area contributed by atoms with Gasteiger partial charge in [0.15, 0.2) is 0 Å². The van der Waals surface area contributed by atoms with Gasteiger partial charge in [0.1, 0.15) is 5.75 Å². The minimum atomic E-state index is -0.00824. The Morgan fingerprint density at radius 1 is 1.22 bits per heavy atom. The van der Waals surface area contributed by atoms with Crippen LogP contribution < -0.4 is 10.3 Å². The van der Waals surface area contributed by atoms with Crippen molar-refractivity contribution in [3.05, 3.63) is 40.8 Å². The third-order valence-electron chi connectivity index (χ3n) is 2.81. The molecule has 0 saturated carbocycles. The van der Waals surface area contributed by atoms with E-state index in [1.54, 1.807) is 17.9 Å². The first-order valence-corrected chi connectivity index (χ1v) is 6.02. The van der Waals surface area contributed by atoms with Crippen LogP contribution in [-0.4, -0.2) is 24.9 Å². The van der Waals surface area contributed by atoms with Crippen molar-refractivity contribution in [2.75, 3.05) is 20.3 Å². The van der Waals surface area contributed by atoms with Gasteiger partial charge >= 0.3 is 0 Å². The summed E-state index contributed by atoms with van der Waals surface area (Å²) >= 11 is 0. The lowest BCUT2D eigenvalue weighted by molar-refractivity contribution is 0.186. The van der Waals surface area contributed by atoms with Crippen LogP contribution in [0, 0.1) is 0 Å². The smallest absolute Gasteiger partial charge is 0.258 e. The maximum Gasteiger partial charge on any atom is 0.258 e. The number of nitrogens with zero attached hydrogens (tertiary/aromatic N) is 1. The number of fused-ring (bicyclic) bond motifs is 1. The zero-order valence-corrected chi connectivity index (χ0v) is 10.7. The predicted octanol–water partition coefficient (Wildman–Crippen LogP) is 2.05. The molecule has 0 saturated heterocycles. The number of hydrogen-bond donors (Lipinski definition) is 0. The molecule has 96 valence electrons. The summed E-state index contributed by atoms with van der Waals surface area (Å²) in [7, 11) is 1.62. The molecule has 0 atom stereocenters. The van der Waals surface area contributed by atoms with Crippen LogP contribution in [0.5, 0.6) is 5.75 Å². The second kappa shape index (κ2) is 5.69. The minimum absolute atomic E-state index is 0.00824. The third kappa shape index (κ3) is 2.38. The van der Waals surface area contributed by atoms with Crippen LogP contribution >= 0.6 is 0 Å². The van der Waals surface area contributed by atoms with Crippen LogP contribution in [0.25, 0.3) is 10.8 Å². The molecule has 0 fully saturated rings. The van der Waals surface area contributed by atoms with Gasteiger partial charge in [-0.25, -0.2) is 0 Å². The average molecular weight is 247 g/mol. The fourth-order valence-electron chi connectivity index (χ4n) is 1.94. The van der Waals surface area contributed by atoms with E-state index in [0.717, 1.165) is 11.1 Å². The second-order valence-electron chi connectivity index (χ2n) is 3.96. The molecule has 18 heavy (non-hydrogen) atoms. The molecule has 0 aliphatic carbocycles. The van der Waals surface area contributed by atoms with E-state index in [1.807, 2.05) is 31.2 Å². The van der Waals surface area contributed by atoms with Gasteiger partial charge < -0.3 is 14.0 Å².